The number of hydrogen-bond donors (Lipinski definition) is 2. The van der Waals surface area contributed by atoms with E-state index >= 15 is 0 Å². The molecule has 0 aliphatic rings. The normalized spacial score (nSPS) is 12.9. The number of nitrogens with one attached hydrogen (secondary N) is 2. The van der Waals surface area contributed by atoms with E-state index in [4.69, 9.17) is 11.6 Å². The summed E-state index contributed by atoms with van der Waals surface area (Å²) in [5.41, 5.74) is 0.857. The fraction of sp³-hybridized carbons (Fsp3) is 0.409. The Kier molecular flexibility index (Phi) is 6.50. The molecule has 0 fully saturated rings. The maximum Gasteiger partial charge on any atom is 0.273 e. The number of rotatable bonds is 7. The zero-order chi connectivity index (χ0) is 22.9. The molecule has 2 N–H and O–H groups in total. The van der Waals surface area contributed by atoms with E-state index in [0.29, 0.717) is 16.2 Å². The lowest BCUT2D eigenvalue weighted by Gasteiger charge is -2.19. The highest BCUT2D eigenvalue weighted by Gasteiger charge is 2.33. The smallest absolute Gasteiger partial charge is 0.273 e. The summed E-state index contributed by atoms with van der Waals surface area (Å²) < 4.78 is 30.5. The second-order valence-corrected chi connectivity index (χ2v) is 8.10. The van der Waals surface area contributed by atoms with Crippen molar-refractivity contribution in [1.82, 2.24) is 19.7 Å². The minimum atomic E-state index is -3.18. The molecule has 3 rings (SSSR count). The van der Waals surface area contributed by atoms with Crippen LogP contribution < -0.4 is 10.9 Å². The molecule has 3 aromatic heterocycles. The molecule has 1 unspecified atom stereocenters. The van der Waals surface area contributed by atoms with Crippen LogP contribution in [-0.4, -0.2) is 20.3 Å². The van der Waals surface area contributed by atoms with Crippen LogP contribution in [0.4, 0.5) is 8.78 Å². The average molecular weight is 451 g/mol. The topological polar surface area (TPSA) is 79.3 Å². The van der Waals surface area contributed by atoms with Gasteiger partial charge in [-0.3, -0.25) is 14.0 Å². The van der Waals surface area contributed by atoms with E-state index in [0.717, 1.165) is 12.1 Å². The van der Waals surface area contributed by atoms with E-state index in [1.807, 2.05) is 13.8 Å². The summed E-state index contributed by atoms with van der Waals surface area (Å²) in [7, 11) is 0. The van der Waals surface area contributed by atoms with Gasteiger partial charge in [0, 0.05) is 40.7 Å². The molecule has 0 bridgehead atoms. The van der Waals surface area contributed by atoms with Crippen molar-refractivity contribution in [1.29, 1.82) is 0 Å². The van der Waals surface area contributed by atoms with Crippen LogP contribution in [0.5, 0.6) is 0 Å². The van der Waals surface area contributed by atoms with Gasteiger partial charge >= 0.3 is 0 Å². The van der Waals surface area contributed by atoms with E-state index in [9.17, 15) is 18.4 Å². The Morgan fingerprint density at radius 2 is 2.03 bits per heavy atom. The van der Waals surface area contributed by atoms with Crippen molar-refractivity contribution >= 4 is 23.0 Å². The number of alkyl halides is 2. The molecule has 0 aromatic carbocycles. The van der Waals surface area contributed by atoms with Gasteiger partial charge in [-0.2, -0.15) is 0 Å². The minimum absolute atomic E-state index is 0.171. The van der Waals surface area contributed by atoms with Crippen LogP contribution in [0.1, 0.15) is 72.5 Å². The molecule has 31 heavy (non-hydrogen) atoms. The first kappa shape index (κ1) is 22.9. The molecule has 0 aliphatic heterocycles. The molecule has 9 heteroatoms. The molecule has 1 amide bonds. The Bertz CT molecular complexity index is 1190. The molecule has 0 saturated carbocycles. The van der Waals surface area contributed by atoms with Crippen molar-refractivity contribution in [2.45, 2.75) is 58.9 Å². The highest BCUT2D eigenvalue weighted by Crippen LogP contribution is 2.33. The fourth-order valence-corrected chi connectivity index (χ4v) is 3.70. The molecule has 3 heterocycles. The van der Waals surface area contributed by atoms with E-state index in [-0.39, 0.29) is 29.3 Å². The minimum Gasteiger partial charge on any atom is -0.346 e. The number of carbonyl (C=O) groups is 1. The van der Waals surface area contributed by atoms with Crippen molar-refractivity contribution in [3.05, 3.63) is 68.1 Å². The van der Waals surface area contributed by atoms with Crippen LogP contribution in [0.3, 0.4) is 0 Å². The van der Waals surface area contributed by atoms with Crippen LogP contribution >= 0.6 is 11.6 Å². The van der Waals surface area contributed by atoms with Gasteiger partial charge in [-0.05, 0) is 31.5 Å². The van der Waals surface area contributed by atoms with E-state index < -0.39 is 23.8 Å². The fourth-order valence-electron chi connectivity index (χ4n) is 3.50. The maximum absolute atomic E-state index is 14.4. The van der Waals surface area contributed by atoms with Crippen LogP contribution in [0.25, 0.3) is 5.52 Å². The van der Waals surface area contributed by atoms with Crippen molar-refractivity contribution in [2.24, 2.45) is 0 Å². The molecular weight excluding hydrogens is 426 g/mol. The molecule has 166 valence electrons. The molecule has 0 aliphatic carbocycles. The number of carbonyl (C=O) groups excluding carboxylic acids is 1. The lowest BCUT2D eigenvalue weighted by atomic mass is 10.0. The first-order chi connectivity index (χ1) is 14.6. The van der Waals surface area contributed by atoms with Gasteiger partial charge in [0.2, 0.25) is 0 Å². The van der Waals surface area contributed by atoms with Crippen LogP contribution in [0.2, 0.25) is 5.02 Å². The summed E-state index contributed by atoms with van der Waals surface area (Å²) in [6.45, 7) is 6.60. The Hall–Kier alpha value is -2.74. The van der Waals surface area contributed by atoms with Gasteiger partial charge in [-0.1, -0.05) is 32.4 Å². The van der Waals surface area contributed by atoms with Gasteiger partial charge in [0.25, 0.3) is 17.4 Å². The number of pyridine rings is 2. The number of halogens is 3. The monoisotopic (exact) mass is 450 g/mol. The largest absolute Gasteiger partial charge is 0.346 e. The SMILES string of the molecule is CCC(C)c1ncn2c(C(=O)NCc3c(C(F)(F)CC)cc(C)[nH]c3=O)cc(Cl)cc12. The number of fused-ring (bicyclic) bond motifs is 1. The Morgan fingerprint density at radius 3 is 2.68 bits per heavy atom. The zero-order valence-electron chi connectivity index (χ0n) is 17.9. The molecule has 1 atom stereocenters. The molecule has 3 aromatic rings. The summed E-state index contributed by atoms with van der Waals surface area (Å²) in [6, 6.07) is 4.46. The van der Waals surface area contributed by atoms with Crippen molar-refractivity contribution < 1.29 is 13.6 Å². The van der Waals surface area contributed by atoms with Crippen LogP contribution in [0.15, 0.2) is 29.3 Å². The maximum atomic E-state index is 14.4. The Balaban J connectivity index is 1.97. The number of hydrogen-bond acceptors (Lipinski definition) is 3. The number of amides is 1. The molecule has 0 radical (unpaired) electrons. The molecule has 6 nitrogen and oxygen atoms in total. The predicted octanol–water partition coefficient (Wildman–Crippen LogP) is 4.93. The lowest BCUT2D eigenvalue weighted by molar-refractivity contribution is -0.00954. The molecular formula is C22H25ClF2N4O2. The van der Waals surface area contributed by atoms with Gasteiger partial charge in [0.1, 0.15) is 12.0 Å². The van der Waals surface area contributed by atoms with Gasteiger partial charge < -0.3 is 10.3 Å². The van der Waals surface area contributed by atoms with Gasteiger partial charge in [0.05, 0.1) is 11.2 Å². The van der Waals surface area contributed by atoms with Crippen molar-refractivity contribution in [3.63, 3.8) is 0 Å². The average Bonchev–Trinajstić information content (AvgIpc) is 3.14. The van der Waals surface area contributed by atoms with E-state index in [1.54, 1.807) is 10.5 Å². The summed E-state index contributed by atoms with van der Waals surface area (Å²) in [6.07, 6.45) is 1.95. The first-order valence-corrected chi connectivity index (χ1v) is 10.5. The summed E-state index contributed by atoms with van der Waals surface area (Å²) in [5, 5.41) is 2.94. The van der Waals surface area contributed by atoms with Crippen molar-refractivity contribution in [3.8, 4) is 0 Å². The van der Waals surface area contributed by atoms with Gasteiger partial charge in [-0.15, -0.1) is 0 Å². The summed E-state index contributed by atoms with van der Waals surface area (Å²) in [4.78, 5) is 32.2. The molecule has 0 spiro atoms. The molecule has 0 saturated heterocycles. The predicted molar refractivity (Wildman–Crippen MR) is 116 cm³/mol. The third kappa shape index (κ3) is 4.49. The van der Waals surface area contributed by atoms with Gasteiger partial charge in [-0.25, -0.2) is 13.8 Å². The van der Waals surface area contributed by atoms with E-state index in [1.165, 1.54) is 32.3 Å². The van der Waals surface area contributed by atoms with E-state index in [2.05, 4.69) is 15.3 Å². The zero-order valence-corrected chi connectivity index (χ0v) is 18.6. The third-order valence-corrected chi connectivity index (χ3v) is 5.71. The summed E-state index contributed by atoms with van der Waals surface area (Å²) in [5.74, 6) is -3.56. The number of imidazole rings is 1. The lowest BCUT2D eigenvalue weighted by Crippen LogP contribution is -2.31. The number of aromatic amines is 1. The number of nitrogens with zero attached hydrogens (tertiary/aromatic N) is 2. The number of H-pyrrole nitrogens is 1. The first-order valence-electron chi connectivity index (χ1n) is 10.1. The standard InChI is InChI=1S/C22H25ClF2N4O2/c1-5-12(3)19-17-8-14(23)9-18(29(17)11-27-19)21(31)26-10-15-16(22(24,25)6-2)7-13(4)28-20(15)30/h7-9,11-12H,5-6,10H2,1-4H3,(H,26,31)(H,28,30). The summed E-state index contributed by atoms with van der Waals surface area (Å²) >= 11 is 6.23. The van der Waals surface area contributed by atoms with Crippen LogP contribution in [-0.2, 0) is 12.5 Å². The van der Waals surface area contributed by atoms with Gasteiger partial charge in [0.15, 0.2) is 0 Å². The van der Waals surface area contributed by atoms with Crippen LogP contribution in [0, 0.1) is 6.92 Å². The third-order valence-electron chi connectivity index (χ3n) is 5.49. The quantitative estimate of drug-likeness (QED) is 0.535. The van der Waals surface area contributed by atoms with Crippen molar-refractivity contribution in [2.75, 3.05) is 0 Å². The number of aromatic nitrogens is 3. The Labute approximate surface area is 183 Å². The number of aryl methyl sites for hydroxylation is 1. The highest BCUT2D eigenvalue weighted by molar-refractivity contribution is 6.31. The second-order valence-electron chi connectivity index (χ2n) is 7.67. The highest BCUT2D eigenvalue weighted by atomic mass is 35.5. The second kappa shape index (κ2) is 8.78. The Morgan fingerprint density at radius 1 is 1.32 bits per heavy atom.